The Morgan fingerprint density at radius 1 is 1.67 bits per heavy atom. The molecule has 1 heterocycles. The number of anilines is 1. The molecular weight excluding hydrogens is 240 g/mol. The fourth-order valence-electron chi connectivity index (χ4n) is 1.23. The van der Waals surface area contributed by atoms with Crippen LogP contribution in [0.5, 0.6) is 0 Å². The monoisotopic (exact) mass is 254 g/mol. The van der Waals surface area contributed by atoms with E-state index < -0.39 is 16.6 Å². The van der Waals surface area contributed by atoms with Crippen molar-refractivity contribution in [3.8, 4) is 0 Å². The lowest BCUT2D eigenvalue weighted by Gasteiger charge is -2.06. The number of carbonyl (C=O) groups is 1. The van der Waals surface area contributed by atoms with Crippen LogP contribution in [0.15, 0.2) is 12.3 Å². The normalized spacial score (nSPS) is 10.1. The summed E-state index contributed by atoms with van der Waals surface area (Å²) >= 11 is 0. The summed E-state index contributed by atoms with van der Waals surface area (Å²) < 4.78 is 5.05. The maximum absolute atomic E-state index is 11.7. The van der Waals surface area contributed by atoms with Gasteiger partial charge in [-0.1, -0.05) is 0 Å². The molecular formula is C10H14N4O4. The van der Waals surface area contributed by atoms with E-state index in [2.05, 4.69) is 10.3 Å². The first-order valence-corrected chi connectivity index (χ1v) is 5.32. The number of pyridine rings is 1. The number of nitrogen functional groups attached to an aromatic ring is 1. The van der Waals surface area contributed by atoms with Gasteiger partial charge in [-0.2, -0.15) is 0 Å². The largest absolute Gasteiger partial charge is 0.395 e. The average Bonchev–Trinajstić information content (AvgIpc) is 2.34. The molecule has 0 aliphatic carbocycles. The van der Waals surface area contributed by atoms with Gasteiger partial charge in [0, 0.05) is 13.2 Å². The highest BCUT2D eigenvalue weighted by Gasteiger charge is 2.16. The number of hydrogen-bond acceptors (Lipinski definition) is 6. The fourth-order valence-corrected chi connectivity index (χ4v) is 1.23. The van der Waals surface area contributed by atoms with Crippen LogP contribution in [0.3, 0.4) is 0 Å². The van der Waals surface area contributed by atoms with Crippen molar-refractivity contribution in [2.75, 3.05) is 25.5 Å². The Morgan fingerprint density at radius 2 is 2.39 bits per heavy atom. The summed E-state index contributed by atoms with van der Waals surface area (Å²) in [6.45, 7) is 3.07. The van der Waals surface area contributed by atoms with Crippen molar-refractivity contribution in [3.63, 3.8) is 0 Å². The van der Waals surface area contributed by atoms with Gasteiger partial charge in [-0.15, -0.1) is 0 Å². The van der Waals surface area contributed by atoms with Crippen molar-refractivity contribution in [3.05, 3.63) is 27.9 Å². The van der Waals surface area contributed by atoms with Crippen LogP contribution in [0.25, 0.3) is 0 Å². The summed E-state index contributed by atoms with van der Waals surface area (Å²) in [4.78, 5) is 25.1. The van der Waals surface area contributed by atoms with Crippen LogP contribution in [0.4, 0.5) is 11.5 Å². The van der Waals surface area contributed by atoms with Gasteiger partial charge in [0.1, 0.15) is 0 Å². The fraction of sp³-hybridized carbons (Fsp3) is 0.400. The molecule has 0 aliphatic rings. The number of aromatic nitrogens is 1. The maximum atomic E-state index is 11.7. The smallest absolute Gasteiger partial charge is 0.364 e. The van der Waals surface area contributed by atoms with Crippen LogP contribution in [-0.4, -0.2) is 35.6 Å². The lowest BCUT2D eigenvalue weighted by Crippen LogP contribution is -2.28. The summed E-state index contributed by atoms with van der Waals surface area (Å²) in [7, 11) is 0. The van der Waals surface area contributed by atoms with E-state index in [0.717, 1.165) is 12.3 Å². The molecule has 0 unspecified atom stereocenters. The third-order valence-corrected chi connectivity index (χ3v) is 2.09. The Labute approximate surface area is 103 Å². The number of carbonyl (C=O) groups excluding carboxylic acids is 1. The minimum Gasteiger partial charge on any atom is -0.395 e. The van der Waals surface area contributed by atoms with Crippen molar-refractivity contribution in [1.29, 1.82) is 0 Å². The van der Waals surface area contributed by atoms with Gasteiger partial charge < -0.3 is 25.9 Å². The van der Waals surface area contributed by atoms with E-state index >= 15 is 0 Å². The molecule has 18 heavy (non-hydrogen) atoms. The Balaban J connectivity index is 2.72. The van der Waals surface area contributed by atoms with E-state index in [1.165, 1.54) is 0 Å². The Hall–Kier alpha value is -2.22. The topological polar surface area (TPSA) is 120 Å². The van der Waals surface area contributed by atoms with Crippen LogP contribution < -0.4 is 11.1 Å². The van der Waals surface area contributed by atoms with E-state index in [4.69, 9.17) is 10.5 Å². The van der Waals surface area contributed by atoms with E-state index in [1.807, 2.05) is 6.92 Å². The van der Waals surface area contributed by atoms with E-state index in [0.29, 0.717) is 19.8 Å². The van der Waals surface area contributed by atoms with Crippen LogP contribution in [0, 0.1) is 10.1 Å². The van der Waals surface area contributed by atoms with Crippen LogP contribution in [0.1, 0.15) is 17.3 Å². The Kier molecular flexibility index (Phi) is 5.00. The molecule has 0 bridgehead atoms. The molecule has 8 heteroatoms. The van der Waals surface area contributed by atoms with Crippen molar-refractivity contribution < 1.29 is 14.5 Å². The second-order valence-electron chi connectivity index (χ2n) is 3.34. The minimum absolute atomic E-state index is 0.0354. The second kappa shape index (κ2) is 6.50. The molecule has 1 aromatic heterocycles. The number of nitrogens with zero attached hydrogens (tertiary/aromatic N) is 2. The molecule has 0 spiro atoms. The summed E-state index contributed by atoms with van der Waals surface area (Å²) in [5.74, 6) is -0.906. The third kappa shape index (κ3) is 3.67. The number of nitro groups is 1. The van der Waals surface area contributed by atoms with Gasteiger partial charge in [-0.3, -0.25) is 4.79 Å². The second-order valence-corrected chi connectivity index (χ2v) is 3.34. The summed E-state index contributed by atoms with van der Waals surface area (Å²) in [6.07, 6.45) is 1.09. The first-order valence-electron chi connectivity index (χ1n) is 5.32. The van der Waals surface area contributed by atoms with Gasteiger partial charge in [0.2, 0.25) is 0 Å². The number of nitrogens with two attached hydrogens (primary N) is 1. The summed E-state index contributed by atoms with van der Waals surface area (Å²) in [5, 5.41) is 13.1. The standard InChI is InChI=1S/C10H14N4O4/c1-2-18-4-3-12-10(15)7-5-9(14(16)17)13-6-8(7)11/h5-6H,2-4,11H2,1H3,(H,12,15). The molecule has 0 saturated heterocycles. The predicted molar refractivity (Wildman–Crippen MR) is 64.1 cm³/mol. The number of nitrogens with one attached hydrogen (secondary N) is 1. The van der Waals surface area contributed by atoms with Gasteiger partial charge in [0.15, 0.2) is 6.20 Å². The average molecular weight is 254 g/mol. The van der Waals surface area contributed by atoms with Gasteiger partial charge in [-0.25, -0.2) is 0 Å². The van der Waals surface area contributed by atoms with Crippen molar-refractivity contribution in [2.24, 2.45) is 0 Å². The van der Waals surface area contributed by atoms with Crippen LogP contribution in [0.2, 0.25) is 0 Å². The molecule has 0 atom stereocenters. The number of ether oxygens (including phenoxy) is 1. The molecule has 1 amide bonds. The van der Waals surface area contributed by atoms with E-state index in [1.54, 1.807) is 0 Å². The molecule has 98 valence electrons. The first-order chi connectivity index (χ1) is 8.56. The minimum atomic E-state index is -0.684. The Morgan fingerprint density at radius 3 is 3.00 bits per heavy atom. The van der Waals surface area contributed by atoms with Crippen molar-refractivity contribution in [1.82, 2.24) is 10.3 Å². The highest BCUT2D eigenvalue weighted by molar-refractivity contribution is 5.99. The van der Waals surface area contributed by atoms with Gasteiger partial charge in [0.05, 0.1) is 23.9 Å². The molecule has 8 nitrogen and oxygen atoms in total. The molecule has 1 aromatic rings. The quantitative estimate of drug-likeness (QED) is 0.429. The Bertz CT molecular complexity index is 450. The molecule has 1 rings (SSSR count). The number of amides is 1. The summed E-state index contributed by atoms with van der Waals surface area (Å²) in [6, 6.07) is 1.05. The number of rotatable bonds is 6. The summed E-state index contributed by atoms with van der Waals surface area (Å²) in [5.41, 5.74) is 5.67. The molecule has 0 saturated carbocycles. The zero-order valence-electron chi connectivity index (χ0n) is 9.88. The molecule has 0 fully saturated rings. The van der Waals surface area contributed by atoms with E-state index in [-0.39, 0.29) is 11.3 Å². The SMILES string of the molecule is CCOCCNC(=O)c1cc([N+](=O)[O-])ncc1N. The highest BCUT2D eigenvalue weighted by atomic mass is 16.6. The lowest BCUT2D eigenvalue weighted by molar-refractivity contribution is -0.389. The molecule has 0 radical (unpaired) electrons. The lowest BCUT2D eigenvalue weighted by atomic mass is 10.2. The van der Waals surface area contributed by atoms with Gasteiger partial charge in [-0.05, 0) is 16.8 Å². The van der Waals surface area contributed by atoms with E-state index in [9.17, 15) is 14.9 Å². The zero-order chi connectivity index (χ0) is 13.5. The van der Waals surface area contributed by atoms with Crippen LogP contribution >= 0.6 is 0 Å². The maximum Gasteiger partial charge on any atom is 0.364 e. The number of hydrogen-bond donors (Lipinski definition) is 2. The van der Waals surface area contributed by atoms with Crippen LogP contribution in [-0.2, 0) is 4.74 Å². The van der Waals surface area contributed by atoms with Gasteiger partial charge in [0.25, 0.3) is 5.91 Å². The molecule has 0 aliphatic heterocycles. The zero-order valence-corrected chi connectivity index (χ0v) is 9.88. The third-order valence-electron chi connectivity index (χ3n) is 2.09. The van der Waals surface area contributed by atoms with Crippen molar-refractivity contribution >= 4 is 17.4 Å². The highest BCUT2D eigenvalue weighted by Crippen LogP contribution is 2.16. The molecule has 3 N–H and O–H groups in total. The predicted octanol–water partition coefficient (Wildman–Crippen LogP) is 0.338. The van der Waals surface area contributed by atoms with Gasteiger partial charge >= 0.3 is 5.82 Å². The first kappa shape index (κ1) is 13.8. The van der Waals surface area contributed by atoms with Crippen molar-refractivity contribution in [2.45, 2.75) is 6.92 Å². The molecule has 0 aromatic carbocycles.